The monoisotopic (exact) mass is 444 g/mol. The zero-order valence-corrected chi connectivity index (χ0v) is 18.1. The fraction of sp³-hybridized carbons (Fsp3) is 0. The highest BCUT2D eigenvalue weighted by Gasteiger charge is 2.12. The van der Waals surface area contributed by atoms with Gasteiger partial charge in [0, 0.05) is 5.56 Å². The average Bonchev–Trinajstić information content (AvgIpc) is 2.89. The summed E-state index contributed by atoms with van der Waals surface area (Å²) in [7, 11) is 0. The number of hydrogen-bond acceptors (Lipinski definition) is 4. The lowest BCUT2D eigenvalue weighted by atomic mass is 10.0. The molecule has 0 radical (unpaired) electrons. The molecule has 5 heteroatoms. The van der Waals surface area contributed by atoms with Gasteiger partial charge in [-0.05, 0) is 63.5 Å². The summed E-state index contributed by atoms with van der Waals surface area (Å²) < 4.78 is 5.55. The van der Waals surface area contributed by atoms with Crippen molar-refractivity contribution in [1.82, 2.24) is 5.43 Å². The molecule has 0 atom stereocenters. The molecule has 0 aliphatic heterocycles. The van der Waals surface area contributed by atoms with Crippen LogP contribution in [0.2, 0.25) is 0 Å². The molecule has 1 amide bonds. The SMILES string of the molecule is O=C(N/N=C\c1ccc(OC(=O)c2cccc3ccccc23)cc1)c1cccc2ccccc12. The predicted octanol–water partition coefficient (Wildman–Crippen LogP) is 5.98. The van der Waals surface area contributed by atoms with E-state index in [0.717, 1.165) is 27.1 Å². The van der Waals surface area contributed by atoms with Crippen LogP contribution in [-0.2, 0) is 0 Å². The minimum Gasteiger partial charge on any atom is -0.423 e. The minimum absolute atomic E-state index is 0.284. The number of fused-ring (bicyclic) bond motifs is 2. The van der Waals surface area contributed by atoms with Gasteiger partial charge in [-0.25, -0.2) is 10.2 Å². The maximum absolute atomic E-state index is 12.7. The van der Waals surface area contributed by atoms with Crippen molar-refractivity contribution in [2.75, 3.05) is 0 Å². The van der Waals surface area contributed by atoms with E-state index in [9.17, 15) is 9.59 Å². The average molecular weight is 444 g/mol. The number of carbonyl (C=O) groups excluding carboxylic acids is 2. The highest BCUT2D eigenvalue weighted by molar-refractivity contribution is 6.07. The summed E-state index contributed by atoms with van der Waals surface area (Å²) in [4.78, 5) is 25.3. The van der Waals surface area contributed by atoms with Crippen LogP contribution in [0.1, 0.15) is 26.3 Å². The number of rotatable bonds is 5. The molecule has 0 heterocycles. The second-order valence-corrected chi connectivity index (χ2v) is 7.71. The van der Waals surface area contributed by atoms with Gasteiger partial charge in [0.2, 0.25) is 0 Å². The van der Waals surface area contributed by atoms with E-state index >= 15 is 0 Å². The molecule has 5 aromatic rings. The number of ether oxygens (including phenoxy) is 1. The van der Waals surface area contributed by atoms with Gasteiger partial charge in [0.25, 0.3) is 5.91 Å². The Labute approximate surface area is 196 Å². The molecular formula is C29H20N2O3. The Kier molecular flexibility index (Phi) is 5.82. The van der Waals surface area contributed by atoms with E-state index in [4.69, 9.17) is 4.74 Å². The van der Waals surface area contributed by atoms with Crippen molar-refractivity contribution in [1.29, 1.82) is 0 Å². The lowest BCUT2D eigenvalue weighted by Crippen LogP contribution is -2.17. The molecule has 5 nitrogen and oxygen atoms in total. The van der Waals surface area contributed by atoms with E-state index in [0.29, 0.717) is 16.9 Å². The molecule has 34 heavy (non-hydrogen) atoms. The quantitative estimate of drug-likeness (QED) is 0.157. The number of nitrogens with one attached hydrogen (secondary N) is 1. The van der Waals surface area contributed by atoms with Crippen molar-refractivity contribution < 1.29 is 14.3 Å². The molecule has 0 aliphatic carbocycles. The molecule has 164 valence electrons. The second-order valence-electron chi connectivity index (χ2n) is 7.71. The summed E-state index contributed by atoms with van der Waals surface area (Å²) >= 11 is 0. The predicted molar refractivity (Wildman–Crippen MR) is 134 cm³/mol. The van der Waals surface area contributed by atoms with Crippen LogP contribution in [-0.4, -0.2) is 18.1 Å². The highest BCUT2D eigenvalue weighted by atomic mass is 16.5. The first-order chi connectivity index (χ1) is 16.7. The standard InChI is InChI=1S/C29H20N2O3/c32-28(26-13-5-9-21-7-1-3-11-24(21)26)31-30-19-20-15-17-23(18-16-20)34-29(33)27-14-6-10-22-8-2-4-12-25(22)27/h1-19H,(H,31,32)/b30-19-. The lowest BCUT2D eigenvalue weighted by molar-refractivity contribution is 0.0736. The van der Waals surface area contributed by atoms with E-state index < -0.39 is 5.97 Å². The first-order valence-electron chi connectivity index (χ1n) is 10.8. The van der Waals surface area contributed by atoms with Crippen molar-refractivity contribution in [3.8, 4) is 5.75 Å². The smallest absolute Gasteiger partial charge is 0.344 e. The Morgan fingerprint density at radius 2 is 1.21 bits per heavy atom. The van der Waals surface area contributed by atoms with Crippen LogP contribution in [0.25, 0.3) is 21.5 Å². The first kappa shape index (κ1) is 21.1. The van der Waals surface area contributed by atoms with E-state index in [1.165, 1.54) is 0 Å². The van der Waals surface area contributed by atoms with Crippen LogP contribution in [0, 0.1) is 0 Å². The first-order valence-corrected chi connectivity index (χ1v) is 10.8. The van der Waals surface area contributed by atoms with E-state index in [2.05, 4.69) is 10.5 Å². The fourth-order valence-corrected chi connectivity index (χ4v) is 3.84. The van der Waals surface area contributed by atoms with Gasteiger partial charge in [0.05, 0.1) is 11.8 Å². The van der Waals surface area contributed by atoms with Gasteiger partial charge in [0.15, 0.2) is 0 Å². The molecular weight excluding hydrogens is 424 g/mol. The van der Waals surface area contributed by atoms with Crippen LogP contribution in [0.3, 0.4) is 0 Å². The lowest BCUT2D eigenvalue weighted by Gasteiger charge is -2.07. The van der Waals surface area contributed by atoms with Crippen LogP contribution < -0.4 is 10.2 Å². The van der Waals surface area contributed by atoms with Crippen molar-refractivity contribution in [2.24, 2.45) is 5.10 Å². The van der Waals surface area contributed by atoms with Gasteiger partial charge in [-0.15, -0.1) is 0 Å². The van der Waals surface area contributed by atoms with Crippen LogP contribution in [0.15, 0.2) is 114 Å². The zero-order chi connectivity index (χ0) is 23.3. The number of hydrazone groups is 1. The third-order valence-corrected chi connectivity index (χ3v) is 5.51. The van der Waals surface area contributed by atoms with E-state index in [1.807, 2.05) is 72.8 Å². The van der Waals surface area contributed by atoms with Gasteiger partial charge < -0.3 is 4.74 Å². The Bertz CT molecular complexity index is 1530. The van der Waals surface area contributed by atoms with Crippen LogP contribution >= 0.6 is 0 Å². The van der Waals surface area contributed by atoms with Crippen molar-refractivity contribution >= 4 is 39.6 Å². The van der Waals surface area contributed by atoms with Crippen molar-refractivity contribution in [3.05, 3.63) is 126 Å². The molecule has 5 rings (SSSR count). The molecule has 5 aromatic carbocycles. The van der Waals surface area contributed by atoms with Gasteiger partial charge in [0.1, 0.15) is 5.75 Å². The molecule has 0 saturated carbocycles. The fourth-order valence-electron chi connectivity index (χ4n) is 3.84. The van der Waals surface area contributed by atoms with E-state index in [-0.39, 0.29) is 5.91 Å². The number of esters is 1. The molecule has 0 aromatic heterocycles. The van der Waals surface area contributed by atoms with Gasteiger partial charge in [-0.1, -0.05) is 72.8 Å². The van der Waals surface area contributed by atoms with Crippen molar-refractivity contribution in [2.45, 2.75) is 0 Å². The summed E-state index contributed by atoms with van der Waals surface area (Å²) in [6.45, 7) is 0. The summed E-state index contributed by atoms with van der Waals surface area (Å²) in [6, 6.07) is 33.4. The van der Waals surface area contributed by atoms with Gasteiger partial charge in [-0.3, -0.25) is 4.79 Å². The molecule has 0 aliphatic rings. The number of hydrogen-bond donors (Lipinski definition) is 1. The second kappa shape index (κ2) is 9.38. The van der Waals surface area contributed by atoms with Gasteiger partial charge in [-0.2, -0.15) is 5.10 Å². The molecule has 0 spiro atoms. The van der Waals surface area contributed by atoms with Crippen LogP contribution in [0.4, 0.5) is 0 Å². The third kappa shape index (κ3) is 4.40. The van der Waals surface area contributed by atoms with E-state index in [1.54, 1.807) is 42.6 Å². The van der Waals surface area contributed by atoms with Crippen molar-refractivity contribution in [3.63, 3.8) is 0 Å². The maximum Gasteiger partial charge on any atom is 0.344 e. The Morgan fingerprint density at radius 3 is 1.88 bits per heavy atom. The van der Waals surface area contributed by atoms with Gasteiger partial charge >= 0.3 is 5.97 Å². The normalized spacial score (nSPS) is 11.1. The molecule has 0 bridgehead atoms. The Morgan fingerprint density at radius 1 is 0.647 bits per heavy atom. The molecule has 0 saturated heterocycles. The largest absolute Gasteiger partial charge is 0.423 e. The Hall–Kier alpha value is -4.77. The minimum atomic E-state index is -0.416. The molecule has 0 unspecified atom stereocenters. The third-order valence-electron chi connectivity index (χ3n) is 5.51. The zero-order valence-electron chi connectivity index (χ0n) is 18.1. The Balaban J connectivity index is 1.24. The van der Waals surface area contributed by atoms with Crippen LogP contribution in [0.5, 0.6) is 5.75 Å². The number of amides is 1. The summed E-state index contributed by atoms with van der Waals surface area (Å²) in [5.41, 5.74) is 4.40. The summed E-state index contributed by atoms with van der Waals surface area (Å²) in [6.07, 6.45) is 1.54. The molecule has 0 fully saturated rings. The number of carbonyl (C=O) groups is 2. The highest BCUT2D eigenvalue weighted by Crippen LogP contribution is 2.21. The maximum atomic E-state index is 12.7. The summed E-state index contributed by atoms with van der Waals surface area (Å²) in [5.74, 6) is -0.274. The number of benzene rings is 5. The number of nitrogens with zero attached hydrogens (tertiary/aromatic N) is 1. The summed E-state index contributed by atoms with van der Waals surface area (Å²) in [5, 5.41) is 7.76. The molecule has 1 N–H and O–H groups in total. The topological polar surface area (TPSA) is 67.8 Å².